The predicted octanol–water partition coefficient (Wildman–Crippen LogP) is 1.84. The van der Waals surface area contributed by atoms with Crippen molar-refractivity contribution < 1.29 is 19.1 Å². The largest absolute Gasteiger partial charge is 0.395 e. The molecule has 1 aromatic rings. The minimum absolute atomic E-state index is 0.126. The van der Waals surface area contributed by atoms with Crippen molar-refractivity contribution in [2.45, 2.75) is 19.8 Å². The van der Waals surface area contributed by atoms with Crippen LogP contribution < -0.4 is 4.90 Å². The highest BCUT2D eigenvalue weighted by Crippen LogP contribution is 2.15. The minimum atomic E-state index is -0.224. The summed E-state index contributed by atoms with van der Waals surface area (Å²) >= 11 is 0. The summed E-state index contributed by atoms with van der Waals surface area (Å²) in [6.07, 6.45) is 2.44. The number of unbranched alkanes of at least 4 members (excludes halogenated alkanes) is 1. The Hall–Kier alpha value is -1.71. The van der Waals surface area contributed by atoms with E-state index in [0.29, 0.717) is 6.54 Å². The summed E-state index contributed by atoms with van der Waals surface area (Å²) < 4.78 is 12.7. The SMILES string of the molecule is CCCCN(CCO)c1ccc(F)cc1.O=C=O. The molecule has 0 aliphatic heterocycles. The molecule has 1 N–H and O–H groups in total. The van der Waals surface area contributed by atoms with Gasteiger partial charge in [0.05, 0.1) is 6.61 Å². The molecule has 0 saturated carbocycles. The fourth-order valence-electron chi connectivity index (χ4n) is 1.49. The lowest BCUT2D eigenvalue weighted by Gasteiger charge is -2.23. The Labute approximate surface area is 106 Å². The van der Waals surface area contributed by atoms with Gasteiger partial charge in [-0.25, -0.2) is 4.39 Å². The lowest BCUT2D eigenvalue weighted by molar-refractivity contribution is -0.191. The van der Waals surface area contributed by atoms with Gasteiger partial charge in [-0.2, -0.15) is 9.59 Å². The number of hydrogen-bond acceptors (Lipinski definition) is 4. The van der Waals surface area contributed by atoms with Gasteiger partial charge in [0.1, 0.15) is 5.82 Å². The van der Waals surface area contributed by atoms with Crippen LogP contribution in [-0.4, -0.2) is 31.0 Å². The molecule has 0 aliphatic carbocycles. The molecular formula is C13H18FNO3. The van der Waals surface area contributed by atoms with Crippen molar-refractivity contribution >= 4 is 11.8 Å². The van der Waals surface area contributed by atoms with Gasteiger partial charge < -0.3 is 10.0 Å². The van der Waals surface area contributed by atoms with E-state index in [0.717, 1.165) is 25.1 Å². The summed E-state index contributed by atoms with van der Waals surface area (Å²) in [5.41, 5.74) is 0.971. The third-order valence-corrected chi connectivity index (χ3v) is 2.34. The molecule has 0 radical (unpaired) electrons. The van der Waals surface area contributed by atoms with Crippen LogP contribution in [0.2, 0.25) is 0 Å². The molecule has 0 fully saturated rings. The van der Waals surface area contributed by atoms with E-state index in [1.807, 2.05) is 0 Å². The van der Waals surface area contributed by atoms with Crippen molar-refractivity contribution in [1.82, 2.24) is 0 Å². The molecule has 5 heteroatoms. The fraction of sp³-hybridized carbons (Fsp3) is 0.462. The van der Waals surface area contributed by atoms with E-state index in [2.05, 4.69) is 11.8 Å². The van der Waals surface area contributed by atoms with Crippen LogP contribution in [0.15, 0.2) is 24.3 Å². The number of benzene rings is 1. The van der Waals surface area contributed by atoms with Crippen molar-refractivity contribution in [3.8, 4) is 0 Å². The van der Waals surface area contributed by atoms with Crippen molar-refractivity contribution in [1.29, 1.82) is 0 Å². The van der Waals surface area contributed by atoms with Gasteiger partial charge in [0.15, 0.2) is 0 Å². The average molecular weight is 255 g/mol. The molecule has 0 aromatic heterocycles. The summed E-state index contributed by atoms with van der Waals surface area (Å²) in [6.45, 7) is 3.76. The predicted molar refractivity (Wildman–Crippen MR) is 65.6 cm³/mol. The molecule has 4 nitrogen and oxygen atoms in total. The van der Waals surface area contributed by atoms with E-state index in [1.54, 1.807) is 12.1 Å². The Morgan fingerprint density at radius 3 is 2.22 bits per heavy atom. The standard InChI is InChI=1S/C12H18FNO.CO2/c1-2-3-8-14(9-10-15)12-6-4-11(13)5-7-12;2-1-3/h4-7,15H,2-3,8-10H2,1H3;. The van der Waals surface area contributed by atoms with Crippen molar-refractivity contribution in [3.63, 3.8) is 0 Å². The second-order valence-corrected chi connectivity index (χ2v) is 3.62. The molecule has 0 spiro atoms. The van der Waals surface area contributed by atoms with Crippen LogP contribution in [0.3, 0.4) is 0 Å². The van der Waals surface area contributed by atoms with E-state index in [1.165, 1.54) is 12.1 Å². The fourth-order valence-corrected chi connectivity index (χ4v) is 1.49. The summed E-state index contributed by atoms with van der Waals surface area (Å²) in [5, 5.41) is 8.94. The number of carbonyl (C=O) groups excluding carboxylic acids is 2. The van der Waals surface area contributed by atoms with Crippen LogP contribution >= 0.6 is 0 Å². The molecule has 0 unspecified atom stereocenters. The molecule has 100 valence electrons. The van der Waals surface area contributed by atoms with E-state index in [9.17, 15) is 4.39 Å². The highest BCUT2D eigenvalue weighted by Gasteiger charge is 2.04. The number of halogens is 1. The maximum Gasteiger partial charge on any atom is 0.373 e. The van der Waals surface area contributed by atoms with Gasteiger partial charge in [0.2, 0.25) is 0 Å². The van der Waals surface area contributed by atoms with E-state index < -0.39 is 0 Å². The van der Waals surface area contributed by atoms with Crippen molar-refractivity contribution in [2.24, 2.45) is 0 Å². The highest BCUT2D eigenvalue weighted by atomic mass is 19.1. The second kappa shape index (κ2) is 10.4. The summed E-state index contributed by atoms with van der Waals surface area (Å²) in [6, 6.07) is 6.40. The Bertz CT molecular complexity index is 348. The number of aliphatic hydroxyl groups is 1. The Morgan fingerprint density at radius 1 is 1.22 bits per heavy atom. The van der Waals surface area contributed by atoms with Crippen LogP contribution in [0.4, 0.5) is 10.1 Å². The molecule has 1 rings (SSSR count). The van der Waals surface area contributed by atoms with Gasteiger partial charge in [0.25, 0.3) is 0 Å². The third kappa shape index (κ3) is 6.78. The monoisotopic (exact) mass is 255 g/mol. The van der Waals surface area contributed by atoms with Gasteiger partial charge in [0, 0.05) is 18.8 Å². The number of anilines is 1. The van der Waals surface area contributed by atoms with Gasteiger partial charge in [-0.15, -0.1) is 0 Å². The van der Waals surface area contributed by atoms with Gasteiger partial charge in [-0.05, 0) is 30.7 Å². The normalized spacial score (nSPS) is 9.06. The van der Waals surface area contributed by atoms with E-state index >= 15 is 0 Å². The maximum atomic E-state index is 12.7. The zero-order valence-electron chi connectivity index (χ0n) is 10.4. The van der Waals surface area contributed by atoms with E-state index in [4.69, 9.17) is 14.7 Å². The summed E-state index contributed by atoms with van der Waals surface area (Å²) in [7, 11) is 0. The first-order valence-corrected chi connectivity index (χ1v) is 5.80. The zero-order chi connectivity index (χ0) is 13.8. The highest BCUT2D eigenvalue weighted by molar-refractivity contribution is 5.46. The Morgan fingerprint density at radius 2 is 1.78 bits per heavy atom. The van der Waals surface area contributed by atoms with Crippen LogP contribution in [0, 0.1) is 5.82 Å². The summed E-state index contributed by atoms with van der Waals surface area (Å²) in [5.74, 6) is -0.224. The summed E-state index contributed by atoms with van der Waals surface area (Å²) in [4.78, 5) is 18.3. The molecule has 0 heterocycles. The first-order chi connectivity index (χ1) is 8.69. The van der Waals surface area contributed by atoms with E-state index in [-0.39, 0.29) is 18.6 Å². The van der Waals surface area contributed by atoms with Crippen molar-refractivity contribution in [2.75, 3.05) is 24.6 Å². The molecule has 0 saturated heterocycles. The lowest BCUT2D eigenvalue weighted by Crippen LogP contribution is -2.27. The van der Waals surface area contributed by atoms with Gasteiger partial charge >= 0.3 is 6.15 Å². The van der Waals surface area contributed by atoms with Crippen LogP contribution in [-0.2, 0) is 9.59 Å². The first-order valence-electron chi connectivity index (χ1n) is 5.80. The van der Waals surface area contributed by atoms with Crippen LogP contribution in [0.5, 0.6) is 0 Å². The van der Waals surface area contributed by atoms with Gasteiger partial charge in [-0.1, -0.05) is 13.3 Å². The Kier molecular flexibility index (Phi) is 9.45. The van der Waals surface area contributed by atoms with Crippen molar-refractivity contribution in [3.05, 3.63) is 30.1 Å². The first kappa shape index (κ1) is 16.3. The third-order valence-electron chi connectivity index (χ3n) is 2.34. The average Bonchev–Trinajstić information content (AvgIpc) is 2.37. The molecule has 18 heavy (non-hydrogen) atoms. The molecule has 0 atom stereocenters. The molecular weight excluding hydrogens is 237 g/mol. The number of hydrogen-bond donors (Lipinski definition) is 1. The number of rotatable bonds is 6. The number of aliphatic hydroxyl groups excluding tert-OH is 1. The number of nitrogens with zero attached hydrogens (tertiary/aromatic N) is 1. The lowest BCUT2D eigenvalue weighted by atomic mass is 10.2. The quantitative estimate of drug-likeness (QED) is 0.842. The van der Waals surface area contributed by atoms with Crippen LogP contribution in [0.1, 0.15) is 19.8 Å². The topological polar surface area (TPSA) is 57.6 Å². The molecule has 0 bridgehead atoms. The molecule has 0 aliphatic rings. The van der Waals surface area contributed by atoms with Gasteiger partial charge in [-0.3, -0.25) is 0 Å². The molecule has 0 amide bonds. The maximum absolute atomic E-state index is 12.7. The smallest absolute Gasteiger partial charge is 0.373 e. The Balaban J connectivity index is 0.000000873. The second-order valence-electron chi connectivity index (χ2n) is 3.62. The van der Waals surface area contributed by atoms with Crippen LogP contribution in [0.25, 0.3) is 0 Å². The zero-order valence-corrected chi connectivity index (χ0v) is 10.4. The minimum Gasteiger partial charge on any atom is -0.395 e. The molecule has 1 aromatic carbocycles.